The van der Waals surface area contributed by atoms with Crippen LogP contribution in [0.2, 0.25) is 0 Å². The Kier molecular flexibility index (Phi) is 5.62. The summed E-state index contributed by atoms with van der Waals surface area (Å²) in [5.74, 6) is 1.25. The second kappa shape index (κ2) is 8.73. The van der Waals surface area contributed by atoms with Gasteiger partial charge in [0.25, 0.3) is 0 Å². The Labute approximate surface area is 194 Å². The van der Waals surface area contributed by atoms with Crippen LogP contribution in [0.15, 0.2) is 105 Å². The smallest absolute Gasteiger partial charge is 0.237 e. The maximum Gasteiger partial charge on any atom is 0.237 e. The van der Waals surface area contributed by atoms with Gasteiger partial charge in [-0.15, -0.1) is 0 Å². The lowest BCUT2D eigenvalue weighted by atomic mass is 10.1. The Morgan fingerprint density at radius 1 is 0.818 bits per heavy atom. The molecular formula is C25H18N2O4S2. The summed E-state index contributed by atoms with van der Waals surface area (Å²) in [6, 6.07) is 26.9. The summed E-state index contributed by atoms with van der Waals surface area (Å²) in [7, 11) is -1.49. The first-order valence-corrected chi connectivity index (χ1v) is 12.9. The number of methoxy groups -OCH3 is 1. The average molecular weight is 475 g/mol. The lowest BCUT2D eigenvalue weighted by molar-refractivity contribution is 0.415. The fourth-order valence-corrected chi connectivity index (χ4v) is 5.83. The first-order chi connectivity index (χ1) is 16.0. The van der Waals surface area contributed by atoms with Crippen LogP contribution < -0.4 is 4.74 Å². The monoisotopic (exact) mass is 474 g/mol. The van der Waals surface area contributed by atoms with Gasteiger partial charge in [-0.3, -0.25) is 0 Å². The summed E-state index contributed by atoms with van der Waals surface area (Å²) < 4.78 is 37.2. The van der Waals surface area contributed by atoms with Crippen LogP contribution in [-0.2, 0) is 8.87 Å². The van der Waals surface area contributed by atoms with E-state index in [1.165, 1.54) is 0 Å². The molecule has 0 radical (unpaired) electrons. The summed E-state index contributed by atoms with van der Waals surface area (Å²) in [5, 5.41) is 1.05. The number of hydrogen-bond acceptors (Lipinski definition) is 7. The van der Waals surface area contributed by atoms with Crippen LogP contribution in [0.4, 0.5) is 0 Å². The molecule has 3 aromatic carbocycles. The number of hydrogen-bond donors (Lipinski definition) is 0. The minimum absolute atomic E-state index is 0.114. The number of nitrogens with zero attached hydrogens (tertiary/aromatic N) is 2. The van der Waals surface area contributed by atoms with Crippen LogP contribution in [-0.4, -0.2) is 25.5 Å². The molecule has 0 unspecified atom stereocenters. The molecule has 6 nitrogen and oxygen atoms in total. The summed E-state index contributed by atoms with van der Waals surface area (Å²) in [5.41, 5.74) is 2.60. The van der Waals surface area contributed by atoms with Crippen LogP contribution in [0.5, 0.6) is 5.75 Å². The molecule has 5 aromatic rings. The quantitative estimate of drug-likeness (QED) is 0.219. The molecule has 5 rings (SSSR count). The van der Waals surface area contributed by atoms with Crippen molar-refractivity contribution in [2.75, 3.05) is 7.11 Å². The molecule has 0 saturated heterocycles. The number of furan rings is 1. The van der Waals surface area contributed by atoms with Crippen molar-refractivity contribution >= 4 is 30.6 Å². The highest BCUT2D eigenvalue weighted by Crippen LogP contribution is 2.34. The Bertz CT molecular complexity index is 1500. The normalized spacial score (nSPS) is 11.5. The van der Waals surface area contributed by atoms with E-state index in [0.29, 0.717) is 33.7 Å². The molecule has 2 heterocycles. The van der Waals surface area contributed by atoms with E-state index in [9.17, 15) is 8.42 Å². The van der Waals surface area contributed by atoms with E-state index in [-0.39, 0.29) is 10.1 Å². The van der Waals surface area contributed by atoms with Gasteiger partial charge >= 0.3 is 0 Å². The number of fused-ring (bicyclic) bond motifs is 1. The molecule has 0 atom stereocenters. The van der Waals surface area contributed by atoms with Gasteiger partial charge in [0, 0.05) is 10.9 Å². The van der Waals surface area contributed by atoms with Gasteiger partial charge in [-0.05, 0) is 54.6 Å². The fourth-order valence-electron chi connectivity index (χ4n) is 3.34. The molecule has 164 valence electrons. The van der Waals surface area contributed by atoms with Crippen LogP contribution in [0.1, 0.15) is 0 Å². The van der Waals surface area contributed by atoms with E-state index in [0.717, 1.165) is 16.5 Å². The van der Waals surface area contributed by atoms with Gasteiger partial charge in [0.1, 0.15) is 17.0 Å². The third kappa shape index (κ3) is 4.48. The predicted octanol–water partition coefficient (Wildman–Crippen LogP) is 6.05. The van der Waals surface area contributed by atoms with Crippen molar-refractivity contribution in [2.45, 2.75) is 10.1 Å². The van der Waals surface area contributed by atoms with Crippen LogP contribution in [0.25, 0.3) is 33.7 Å². The topological polar surface area (TPSA) is 82.3 Å². The Balaban J connectivity index is 1.62. The molecule has 0 saturated carbocycles. The van der Waals surface area contributed by atoms with Crippen molar-refractivity contribution in [3.8, 4) is 28.5 Å². The Morgan fingerprint density at radius 3 is 2.24 bits per heavy atom. The zero-order valence-corrected chi connectivity index (χ0v) is 19.1. The first kappa shape index (κ1) is 21.2. The molecule has 0 N–H and O–H groups in total. The van der Waals surface area contributed by atoms with E-state index in [1.807, 2.05) is 54.6 Å². The van der Waals surface area contributed by atoms with Crippen molar-refractivity contribution in [3.05, 3.63) is 91.0 Å². The van der Waals surface area contributed by atoms with Crippen molar-refractivity contribution in [1.29, 1.82) is 0 Å². The summed E-state index contributed by atoms with van der Waals surface area (Å²) in [4.78, 5) is 9.26. The van der Waals surface area contributed by atoms with Gasteiger partial charge in [0.05, 0.1) is 28.5 Å². The summed E-state index contributed by atoms with van der Waals surface area (Å²) in [6.07, 6.45) is 0. The van der Waals surface area contributed by atoms with Gasteiger partial charge in [-0.25, -0.2) is 18.4 Å². The van der Waals surface area contributed by atoms with Gasteiger partial charge < -0.3 is 9.15 Å². The van der Waals surface area contributed by atoms with Crippen LogP contribution in [0, 0.1) is 0 Å². The number of benzene rings is 3. The third-order valence-electron chi connectivity index (χ3n) is 4.99. The average Bonchev–Trinajstić information content (AvgIpc) is 3.29. The molecule has 0 amide bonds. The third-order valence-corrected chi connectivity index (χ3v) is 8.07. The van der Waals surface area contributed by atoms with E-state index < -0.39 is 8.87 Å². The zero-order valence-electron chi connectivity index (χ0n) is 17.5. The van der Waals surface area contributed by atoms with Gasteiger partial charge in [0.2, 0.25) is 14.0 Å². The molecule has 2 aromatic heterocycles. The fraction of sp³-hybridized carbons (Fsp3) is 0.0400. The van der Waals surface area contributed by atoms with Crippen molar-refractivity contribution in [3.63, 3.8) is 0 Å². The highest BCUT2D eigenvalue weighted by atomic mass is 33.1. The van der Waals surface area contributed by atoms with E-state index in [1.54, 1.807) is 43.5 Å². The van der Waals surface area contributed by atoms with E-state index in [2.05, 4.69) is 9.97 Å². The lowest BCUT2D eigenvalue weighted by Gasteiger charge is -2.08. The molecule has 0 fully saturated rings. The van der Waals surface area contributed by atoms with Gasteiger partial charge in [-0.1, -0.05) is 36.4 Å². The standard InChI is InChI=1S/C25H18N2O4S2/c1-30-19-13-11-17(12-14-19)21-16-22(24-15-18-7-5-6-10-23(18)31-24)27-25(26-21)32-33(28,29)20-8-3-2-4-9-20/h2-16H,1H3. The second-order valence-corrected chi connectivity index (χ2v) is 10.9. The Hall–Kier alpha value is -3.62. The Morgan fingerprint density at radius 2 is 1.52 bits per heavy atom. The minimum Gasteiger partial charge on any atom is -0.497 e. The van der Waals surface area contributed by atoms with Crippen LogP contribution >= 0.6 is 10.8 Å². The SMILES string of the molecule is COc1ccc(-c2cc(-c3cc4ccccc4o3)nc(SS(=O)(=O)c3ccccc3)n2)cc1. The zero-order chi connectivity index (χ0) is 22.8. The van der Waals surface area contributed by atoms with E-state index >= 15 is 0 Å². The second-order valence-electron chi connectivity index (χ2n) is 7.15. The molecule has 0 spiro atoms. The lowest BCUT2D eigenvalue weighted by Crippen LogP contribution is -1.99. The number of rotatable bonds is 6. The molecule has 0 aliphatic carbocycles. The largest absolute Gasteiger partial charge is 0.497 e. The minimum atomic E-state index is -3.71. The van der Waals surface area contributed by atoms with Gasteiger partial charge in [-0.2, -0.15) is 0 Å². The molecule has 0 aliphatic rings. The maximum atomic E-state index is 13.0. The molecule has 0 aliphatic heterocycles. The van der Waals surface area contributed by atoms with Crippen molar-refractivity contribution in [2.24, 2.45) is 0 Å². The molecule has 33 heavy (non-hydrogen) atoms. The molecule has 8 heteroatoms. The first-order valence-electron chi connectivity index (χ1n) is 10.0. The number of ether oxygens (including phenoxy) is 1. The summed E-state index contributed by atoms with van der Waals surface area (Å²) >= 11 is 0. The molecular weight excluding hydrogens is 456 g/mol. The highest BCUT2D eigenvalue weighted by Gasteiger charge is 2.21. The van der Waals surface area contributed by atoms with Crippen LogP contribution in [0.3, 0.4) is 0 Å². The highest BCUT2D eigenvalue weighted by molar-refractivity contribution is 8.72. The summed E-state index contributed by atoms with van der Waals surface area (Å²) in [6.45, 7) is 0. The van der Waals surface area contributed by atoms with Crippen molar-refractivity contribution in [1.82, 2.24) is 9.97 Å². The van der Waals surface area contributed by atoms with Crippen molar-refractivity contribution < 1.29 is 17.6 Å². The van der Waals surface area contributed by atoms with E-state index in [4.69, 9.17) is 9.15 Å². The predicted molar refractivity (Wildman–Crippen MR) is 129 cm³/mol. The maximum absolute atomic E-state index is 13.0. The number of para-hydroxylation sites is 1. The number of aromatic nitrogens is 2. The van der Waals surface area contributed by atoms with Gasteiger partial charge in [0.15, 0.2) is 5.76 Å². The molecule has 0 bridgehead atoms.